The Morgan fingerprint density at radius 3 is 2.83 bits per heavy atom. The number of fused-ring (bicyclic) bond motifs is 2. The number of carbonyl (C=O) groups is 1. The Bertz CT molecular complexity index is 1200. The summed E-state index contributed by atoms with van der Waals surface area (Å²) in [5.74, 6) is 0.587. The van der Waals surface area contributed by atoms with Crippen LogP contribution in [-0.2, 0) is 21.0 Å². The number of phenolic OH excluding ortho intramolecular Hbond substituents is 1. The highest BCUT2D eigenvalue weighted by Gasteiger charge is 2.14. The van der Waals surface area contributed by atoms with Gasteiger partial charge >= 0.3 is 11.6 Å². The zero-order valence-electron chi connectivity index (χ0n) is 15.9. The predicted molar refractivity (Wildman–Crippen MR) is 105 cm³/mol. The zero-order chi connectivity index (χ0) is 21.1. The van der Waals surface area contributed by atoms with Crippen molar-refractivity contribution in [3.63, 3.8) is 0 Å². The number of oxime groups is 1. The molecule has 1 aliphatic rings. The SMILES string of the molecule is C/C(=N/OCC(=O)OCc1cc(=O)oc2cc(O)ccc12)c1ccc2c(c1)OCO2. The molecular weight excluding hydrogens is 394 g/mol. The number of rotatable bonds is 6. The van der Waals surface area contributed by atoms with E-state index in [0.717, 1.165) is 5.56 Å². The minimum atomic E-state index is -0.655. The van der Waals surface area contributed by atoms with Gasteiger partial charge in [-0.25, -0.2) is 9.59 Å². The van der Waals surface area contributed by atoms with Gasteiger partial charge in [0, 0.05) is 28.6 Å². The maximum Gasteiger partial charge on any atom is 0.347 e. The molecule has 0 saturated heterocycles. The average Bonchev–Trinajstić information content (AvgIpc) is 3.19. The first-order chi connectivity index (χ1) is 14.5. The number of benzene rings is 2. The molecule has 1 N–H and O–H groups in total. The topological polar surface area (TPSA) is 117 Å². The molecule has 154 valence electrons. The molecule has 0 amide bonds. The lowest BCUT2D eigenvalue weighted by molar-refractivity contribution is -0.150. The highest BCUT2D eigenvalue weighted by Crippen LogP contribution is 2.32. The average molecular weight is 411 g/mol. The van der Waals surface area contributed by atoms with Crippen LogP contribution in [0.5, 0.6) is 17.2 Å². The first kappa shape index (κ1) is 19.3. The molecule has 0 bridgehead atoms. The zero-order valence-corrected chi connectivity index (χ0v) is 15.9. The van der Waals surface area contributed by atoms with Gasteiger partial charge in [0.25, 0.3) is 0 Å². The molecule has 9 nitrogen and oxygen atoms in total. The maximum atomic E-state index is 12.0. The molecule has 4 rings (SSSR count). The van der Waals surface area contributed by atoms with Crippen molar-refractivity contribution < 1.29 is 33.4 Å². The van der Waals surface area contributed by atoms with E-state index in [-0.39, 0.29) is 24.7 Å². The maximum absolute atomic E-state index is 12.0. The van der Waals surface area contributed by atoms with Gasteiger partial charge in [0.15, 0.2) is 11.5 Å². The van der Waals surface area contributed by atoms with Crippen LogP contribution in [0.15, 0.2) is 56.8 Å². The fourth-order valence-corrected chi connectivity index (χ4v) is 2.89. The van der Waals surface area contributed by atoms with E-state index < -0.39 is 18.2 Å². The summed E-state index contributed by atoms with van der Waals surface area (Å²) in [5.41, 5.74) is 1.36. The molecule has 3 aromatic rings. The molecule has 1 aromatic heterocycles. The molecule has 2 aromatic carbocycles. The third kappa shape index (κ3) is 4.19. The molecule has 9 heteroatoms. The van der Waals surface area contributed by atoms with E-state index in [0.29, 0.717) is 28.2 Å². The summed E-state index contributed by atoms with van der Waals surface area (Å²) in [6.07, 6.45) is 0. The first-order valence-electron chi connectivity index (χ1n) is 8.97. The second kappa shape index (κ2) is 8.16. The summed E-state index contributed by atoms with van der Waals surface area (Å²) in [5, 5.41) is 14.0. The fourth-order valence-electron chi connectivity index (χ4n) is 2.89. The van der Waals surface area contributed by atoms with Gasteiger partial charge in [-0.1, -0.05) is 5.16 Å². The van der Waals surface area contributed by atoms with Crippen LogP contribution < -0.4 is 15.1 Å². The van der Waals surface area contributed by atoms with Crippen LogP contribution in [0.4, 0.5) is 0 Å². The molecule has 2 heterocycles. The highest BCUT2D eigenvalue weighted by atomic mass is 16.7. The molecule has 0 fully saturated rings. The van der Waals surface area contributed by atoms with Crippen molar-refractivity contribution in [1.82, 2.24) is 0 Å². The summed E-state index contributed by atoms with van der Waals surface area (Å²) in [6, 6.07) is 10.9. The largest absolute Gasteiger partial charge is 0.508 e. The molecule has 0 unspecified atom stereocenters. The Balaban J connectivity index is 1.35. The summed E-state index contributed by atoms with van der Waals surface area (Å²) in [6.45, 7) is 1.35. The van der Waals surface area contributed by atoms with Crippen molar-refractivity contribution in [3.05, 3.63) is 64.0 Å². The Morgan fingerprint density at radius 1 is 1.13 bits per heavy atom. The van der Waals surface area contributed by atoms with Crippen molar-refractivity contribution in [1.29, 1.82) is 0 Å². The summed E-state index contributed by atoms with van der Waals surface area (Å²) in [4.78, 5) is 28.7. The number of phenols is 1. The molecule has 30 heavy (non-hydrogen) atoms. The Hall–Kier alpha value is -4.01. The van der Waals surface area contributed by atoms with Crippen molar-refractivity contribution in [2.75, 3.05) is 13.4 Å². The van der Waals surface area contributed by atoms with Gasteiger partial charge in [0.2, 0.25) is 13.4 Å². The van der Waals surface area contributed by atoms with Gasteiger partial charge in [0.05, 0.1) is 5.71 Å². The fraction of sp³-hybridized carbons (Fsp3) is 0.190. The standard InChI is InChI=1S/C21H17NO8/c1-12(13-2-5-17-19(6-13)28-11-27-17)22-29-10-21(25)26-9-14-7-20(24)30-18-8-15(23)3-4-16(14)18/h2-8,23H,9-11H2,1H3/b22-12-. The predicted octanol–water partition coefficient (Wildman–Crippen LogP) is 2.71. The van der Waals surface area contributed by atoms with Gasteiger partial charge in [0.1, 0.15) is 17.9 Å². The number of esters is 1. The second-order valence-electron chi connectivity index (χ2n) is 6.45. The van der Waals surface area contributed by atoms with Gasteiger partial charge in [-0.15, -0.1) is 0 Å². The van der Waals surface area contributed by atoms with Crippen LogP contribution in [0.1, 0.15) is 18.1 Å². The van der Waals surface area contributed by atoms with Gasteiger partial charge in [-0.05, 0) is 37.3 Å². The molecule has 0 radical (unpaired) electrons. The third-order valence-electron chi connectivity index (χ3n) is 4.38. The van der Waals surface area contributed by atoms with E-state index in [4.69, 9.17) is 23.5 Å². The summed E-state index contributed by atoms with van der Waals surface area (Å²) in [7, 11) is 0. The summed E-state index contributed by atoms with van der Waals surface area (Å²) >= 11 is 0. The second-order valence-corrected chi connectivity index (χ2v) is 6.45. The first-order valence-corrected chi connectivity index (χ1v) is 8.97. The number of carbonyl (C=O) groups excluding carboxylic acids is 1. The van der Waals surface area contributed by atoms with Crippen LogP contribution in [0, 0.1) is 0 Å². The summed E-state index contributed by atoms with van der Waals surface area (Å²) < 4.78 is 20.8. The molecule has 0 saturated carbocycles. The number of hydrogen-bond acceptors (Lipinski definition) is 9. The van der Waals surface area contributed by atoms with Gasteiger partial charge in [-0.2, -0.15) is 0 Å². The minimum Gasteiger partial charge on any atom is -0.508 e. The van der Waals surface area contributed by atoms with E-state index in [1.165, 1.54) is 18.2 Å². The Kier molecular flexibility index (Phi) is 5.25. The third-order valence-corrected chi connectivity index (χ3v) is 4.38. The van der Waals surface area contributed by atoms with Crippen molar-refractivity contribution in [3.8, 4) is 17.2 Å². The molecule has 0 spiro atoms. The van der Waals surface area contributed by atoms with Gasteiger partial charge < -0.3 is 28.6 Å². The molecule has 1 aliphatic heterocycles. The van der Waals surface area contributed by atoms with E-state index in [2.05, 4.69) is 5.16 Å². The monoisotopic (exact) mass is 411 g/mol. The van der Waals surface area contributed by atoms with Crippen LogP contribution in [0.3, 0.4) is 0 Å². The lowest BCUT2D eigenvalue weighted by Crippen LogP contribution is -2.12. The van der Waals surface area contributed by atoms with Gasteiger partial charge in [-0.3, -0.25) is 0 Å². The molecular formula is C21H17NO8. The highest BCUT2D eigenvalue weighted by molar-refractivity contribution is 5.99. The Labute approximate surface area is 170 Å². The van der Waals surface area contributed by atoms with Crippen molar-refractivity contribution in [2.45, 2.75) is 13.5 Å². The van der Waals surface area contributed by atoms with E-state index in [9.17, 15) is 14.7 Å². The minimum absolute atomic E-state index is 0.0381. The van der Waals surface area contributed by atoms with Crippen molar-refractivity contribution in [2.24, 2.45) is 5.16 Å². The quantitative estimate of drug-likeness (QED) is 0.285. The smallest absolute Gasteiger partial charge is 0.347 e. The van der Waals surface area contributed by atoms with E-state index in [1.54, 1.807) is 31.2 Å². The van der Waals surface area contributed by atoms with Crippen LogP contribution in [-0.4, -0.2) is 30.2 Å². The number of nitrogens with zero attached hydrogens (tertiary/aromatic N) is 1. The number of ether oxygens (including phenoxy) is 3. The normalized spacial score (nSPS) is 12.8. The Morgan fingerprint density at radius 2 is 1.97 bits per heavy atom. The van der Waals surface area contributed by atoms with E-state index in [1.807, 2.05) is 0 Å². The van der Waals surface area contributed by atoms with Crippen LogP contribution in [0.2, 0.25) is 0 Å². The number of hydrogen-bond donors (Lipinski definition) is 1. The number of aromatic hydroxyl groups is 1. The molecule has 0 atom stereocenters. The van der Waals surface area contributed by atoms with E-state index >= 15 is 0 Å². The van der Waals surface area contributed by atoms with Crippen LogP contribution in [0.25, 0.3) is 11.0 Å². The van der Waals surface area contributed by atoms with Crippen LogP contribution >= 0.6 is 0 Å². The lowest BCUT2D eigenvalue weighted by Gasteiger charge is -2.07. The molecule has 0 aliphatic carbocycles. The lowest BCUT2D eigenvalue weighted by atomic mass is 10.1. The van der Waals surface area contributed by atoms with Crippen molar-refractivity contribution >= 4 is 22.7 Å².